The van der Waals surface area contributed by atoms with Gasteiger partial charge in [-0.2, -0.15) is 0 Å². The minimum absolute atomic E-state index is 0.0484. The molecule has 1 atom stereocenters. The standard InChI is InChI=1S/C17H25N3O3/c1-3-9-18-10-11-19-16(21)8-12-20-14-6-4-5-7-15(14)23-13(2)17(20)22/h4-7,13,18H,3,8-12H2,1-2H3,(H,19,21). The Balaban J connectivity index is 1.85. The van der Waals surface area contributed by atoms with Crippen molar-refractivity contribution in [2.75, 3.05) is 31.1 Å². The lowest BCUT2D eigenvalue weighted by Gasteiger charge is -2.32. The summed E-state index contributed by atoms with van der Waals surface area (Å²) in [4.78, 5) is 25.8. The van der Waals surface area contributed by atoms with Crippen LogP contribution in [0.25, 0.3) is 0 Å². The average Bonchev–Trinajstić information content (AvgIpc) is 2.55. The van der Waals surface area contributed by atoms with Crippen LogP contribution in [0.3, 0.4) is 0 Å². The van der Waals surface area contributed by atoms with Crippen LogP contribution in [0.2, 0.25) is 0 Å². The first kappa shape index (κ1) is 17.3. The van der Waals surface area contributed by atoms with Crippen molar-refractivity contribution in [2.24, 2.45) is 0 Å². The van der Waals surface area contributed by atoms with Crippen molar-refractivity contribution in [3.05, 3.63) is 24.3 Å². The highest BCUT2D eigenvalue weighted by molar-refractivity contribution is 6.00. The van der Waals surface area contributed by atoms with E-state index in [9.17, 15) is 9.59 Å². The Morgan fingerprint density at radius 2 is 2.04 bits per heavy atom. The predicted octanol–water partition coefficient (Wildman–Crippen LogP) is 1.31. The lowest BCUT2D eigenvalue weighted by Crippen LogP contribution is -2.46. The lowest BCUT2D eigenvalue weighted by molar-refractivity contribution is -0.125. The maximum Gasteiger partial charge on any atom is 0.267 e. The molecule has 0 saturated heterocycles. The third-order valence-corrected chi connectivity index (χ3v) is 3.69. The number of fused-ring (bicyclic) bond motifs is 1. The zero-order valence-electron chi connectivity index (χ0n) is 13.8. The van der Waals surface area contributed by atoms with Gasteiger partial charge in [0.05, 0.1) is 5.69 Å². The van der Waals surface area contributed by atoms with E-state index in [2.05, 4.69) is 17.6 Å². The molecule has 1 aliphatic rings. The van der Waals surface area contributed by atoms with E-state index in [4.69, 9.17) is 4.74 Å². The van der Waals surface area contributed by atoms with E-state index >= 15 is 0 Å². The number of hydrogen-bond donors (Lipinski definition) is 2. The third-order valence-electron chi connectivity index (χ3n) is 3.69. The minimum atomic E-state index is -0.522. The SMILES string of the molecule is CCCNCCNC(=O)CCN1C(=O)C(C)Oc2ccccc21. The molecule has 0 saturated carbocycles. The topological polar surface area (TPSA) is 70.7 Å². The van der Waals surface area contributed by atoms with Crippen LogP contribution in [0.5, 0.6) is 5.75 Å². The van der Waals surface area contributed by atoms with Gasteiger partial charge >= 0.3 is 0 Å². The largest absolute Gasteiger partial charge is 0.479 e. The third kappa shape index (κ3) is 4.69. The van der Waals surface area contributed by atoms with Crippen LogP contribution in [0.1, 0.15) is 26.7 Å². The molecule has 2 amide bonds. The van der Waals surface area contributed by atoms with Crippen LogP contribution >= 0.6 is 0 Å². The van der Waals surface area contributed by atoms with E-state index < -0.39 is 6.10 Å². The van der Waals surface area contributed by atoms with Crippen molar-refractivity contribution in [1.29, 1.82) is 0 Å². The van der Waals surface area contributed by atoms with E-state index in [1.807, 2.05) is 24.3 Å². The minimum Gasteiger partial charge on any atom is -0.479 e. The summed E-state index contributed by atoms with van der Waals surface area (Å²) < 4.78 is 5.58. The van der Waals surface area contributed by atoms with Crippen LogP contribution in [0, 0.1) is 0 Å². The zero-order chi connectivity index (χ0) is 16.7. The fourth-order valence-electron chi connectivity index (χ4n) is 2.48. The van der Waals surface area contributed by atoms with E-state index in [0.29, 0.717) is 18.8 Å². The van der Waals surface area contributed by atoms with E-state index in [-0.39, 0.29) is 18.2 Å². The fourth-order valence-corrected chi connectivity index (χ4v) is 2.48. The fraction of sp³-hybridized carbons (Fsp3) is 0.529. The number of ether oxygens (including phenoxy) is 1. The molecule has 1 unspecified atom stereocenters. The average molecular weight is 319 g/mol. The van der Waals surface area contributed by atoms with Gasteiger partial charge < -0.3 is 20.3 Å². The number of carbonyl (C=O) groups is 2. The molecular weight excluding hydrogens is 294 g/mol. The number of rotatable bonds is 8. The summed E-state index contributed by atoms with van der Waals surface area (Å²) in [5.41, 5.74) is 0.730. The van der Waals surface area contributed by atoms with Gasteiger partial charge in [0.2, 0.25) is 5.91 Å². The van der Waals surface area contributed by atoms with Gasteiger partial charge in [-0.1, -0.05) is 19.1 Å². The first-order chi connectivity index (χ1) is 11.1. The Hall–Kier alpha value is -2.08. The molecule has 0 aliphatic carbocycles. The van der Waals surface area contributed by atoms with Crippen LogP contribution in [-0.2, 0) is 9.59 Å². The van der Waals surface area contributed by atoms with Crippen molar-refractivity contribution in [2.45, 2.75) is 32.8 Å². The van der Waals surface area contributed by atoms with Gasteiger partial charge in [0.25, 0.3) is 5.91 Å². The van der Waals surface area contributed by atoms with Crippen LogP contribution < -0.4 is 20.3 Å². The molecule has 0 radical (unpaired) electrons. The highest BCUT2D eigenvalue weighted by atomic mass is 16.5. The summed E-state index contributed by atoms with van der Waals surface area (Å²) >= 11 is 0. The molecule has 2 rings (SSSR count). The molecule has 1 aliphatic heterocycles. The molecule has 0 bridgehead atoms. The molecule has 0 aromatic heterocycles. The molecule has 1 aromatic rings. The number of carbonyl (C=O) groups excluding carboxylic acids is 2. The van der Waals surface area contributed by atoms with Crippen molar-refractivity contribution in [3.63, 3.8) is 0 Å². The molecule has 0 fully saturated rings. The molecule has 2 N–H and O–H groups in total. The van der Waals surface area contributed by atoms with E-state index in [1.54, 1.807) is 11.8 Å². The smallest absolute Gasteiger partial charge is 0.267 e. The number of benzene rings is 1. The molecule has 23 heavy (non-hydrogen) atoms. The molecule has 126 valence electrons. The van der Waals surface area contributed by atoms with Gasteiger partial charge in [0.1, 0.15) is 5.75 Å². The normalized spacial score (nSPS) is 16.7. The van der Waals surface area contributed by atoms with Gasteiger partial charge in [-0.25, -0.2) is 0 Å². The summed E-state index contributed by atoms with van der Waals surface area (Å²) in [6.45, 7) is 6.50. The van der Waals surface area contributed by atoms with Crippen molar-refractivity contribution >= 4 is 17.5 Å². The Morgan fingerprint density at radius 1 is 1.26 bits per heavy atom. The Bertz CT molecular complexity index is 548. The lowest BCUT2D eigenvalue weighted by atomic mass is 10.1. The number of nitrogens with zero attached hydrogens (tertiary/aromatic N) is 1. The highest BCUT2D eigenvalue weighted by Crippen LogP contribution is 2.33. The van der Waals surface area contributed by atoms with E-state index in [0.717, 1.165) is 25.2 Å². The maximum atomic E-state index is 12.3. The Kier molecular flexibility index (Phi) is 6.40. The highest BCUT2D eigenvalue weighted by Gasteiger charge is 2.31. The first-order valence-corrected chi connectivity index (χ1v) is 8.18. The second-order valence-corrected chi connectivity index (χ2v) is 5.57. The quantitative estimate of drug-likeness (QED) is 0.709. The molecule has 1 aromatic carbocycles. The molecule has 6 heteroatoms. The number of para-hydroxylation sites is 2. The summed E-state index contributed by atoms with van der Waals surface area (Å²) in [6, 6.07) is 7.41. The van der Waals surface area contributed by atoms with Crippen molar-refractivity contribution in [3.8, 4) is 5.75 Å². The van der Waals surface area contributed by atoms with Gasteiger partial charge in [-0.15, -0.1) is 0 Å². The van der Waals surface area contributed by atoms with Crippen LogP contribution in [0.4, 0.5) is 5.69 Å². The first-order valence-electron chi connectivity index (χ1n) is 8.18. The molecule has 6 nitrogen and oxygen atoms in total. The van der Waals surface area contributed by atoms with Crippen LogP contribution in [0.15, 0.2) is 24.3 Å². The second-order valence-electron chi connectivity index (χ2n) is 5.57. The number of amides is 2. The Labute approximate surface area is 137 Å². The summed E-state index contributed by atoms with van der Waals surface area (Å²) in [5, 5.41) is 6.09. The van der Waals surface area contributed by atoms with E-state index in [1.165, 1.54) is 0 Å². The zero-order valence-corrected chi connectivity index (χ0v) is 13.8. The predicted molar refractivity (Wildman–Crippen MR) is 89.7 cm³/mol. The molecule has 0 spiro atoms. The van der Waals surface area contributed by atoms with Crippen molar-refractivity contribution < 1.29 is 14.3 Å². The van der Waals surface area contributed by atoms with Crippen LogP contribution in [-0.4, -0.2) is 44.1 Å². The second kappa shape index (κ2) is 8.53. The molecular formula is C17H25N3O3. The van der Waals surface area contributed by atoms with Gasteiger partial charge in [0.15, 0.2) is 6.10 Å². The van der Waals surface area contributed by atoms with Gasteiger partial charge in [0, 0.05) is 26.1 Å². The monoisotopic (exact) mass is 319 g/mol. The van der Waals surface area contributed by atoms with Gasteiger partial charge in [-0.05, 0) is 32.0 Å². The van der Waals surface area contributed by atoms with Gasteiger partial charge in [-0.3, -0.25) is 9.59 Å². The number of nitrogens with one attached hydrogen (secondary N) is 2. The number of hydrogen-bond acceptors (Lipinski definition) is 4. The summed E-state index contributed by atoms with van der Waals surface area (Å²) in [5.74, 6) is 0.526. The summed E-state index contributed by atoms with van der Waals surface area (Å²) in [6.07, 6.45) is 0.830. The van der Waals surface area contributed by atoms with Crippen molar-refractivity contribution in [1.82, 2.24) is 10.6 Å². The molecule has 1 heterocycles. The Morgan fingerprint density at radius 3 is 2.83 bits per heavy atom. The maximum absolute atomic E-state index is 12.3. The number of anilines is 1. The summed E-state index contributed by atoms with van der Waals surface area (Å²) in [7, 11) is 0.